The Balaban J connectivity index is 3.13. The zero-order valence-electron chi connectivity index (χ0n) is 9.69. The van der Waals surface area contributed by atoms with Gasteiger partial charge >= 0.3 is 11.7 Å². The van der Waals surface area contributed by atoms with Crippen molar-refractivity contribution in [3.8, 4) is 0 Å². The predicted octanol–water partition coefficient (Wildman–Crippen LogP) is -0.542. The lowest BCUT2D eigenvalue weighted by molar-refractivity contribution is -0.387. The fourth-order valence-corrected chi connectivity index (χ4v) is 2.42. The van der Waals surface area contributed by atoms with Crippen LogP contribution in [0.5, 0.6) is 0 Å². The number of aliphatic hydroxyl groups is 1. The summed E-state index contributed by atoms with van der Waals surface area (Å²) in [6, 6.07) is -0.0342. The molecule has 0 spiro atoms. The molecule has 110 valence electrons. The first-order chi connectivity index (χ1) is 9.19. The van der Waals surface area contributed by atoms with Gasteiger partial charge in [-0.05, 0) is 6.07 Å². The number of aliphatic carboxylic acids is 1. The van der Waals surface area contributed by atoms with E-state index in [9.17, 15) is 27.7 Å². The summed E-state index contributed by atoms with van der Waals surface area (Å²) in [4.78, 5) is 19.3. The van der Waals surface area contributed by atoms with Crippen molar-refractivity contribution in [1.82, 2.24) is 4.72 Å². The summed E-state index contributed by atoms with van der Waals surface area (Å²) in [5.74, 6) is -3.01. The van der Waals surface area contributed by atoms with Crippen LogP contribution >= 0.6 is 0 Å². The zero-order valence-corrected chi connectivity index (χ0v) is 10.5. The third-order valence-electron chi connectivity index (χ3n) is 2.20. The fraction of sp³-hybridized carbons (Fsp3) is 0.222. The van der Waals surface area contributed by atoms with Crippen LogP contribution in [0.15, 0.2) is 23.1 Å². The van der Waals surface area contributed by atoms with Gasteiger partial charge < -0.3 is 10.2 Å². The molecule has 0 aromatic heterocycles. The molecule has 11 heteroatoms. The van der Waals surface area contributed by atoms with Gasteiger partial charge in [0.25, 0.3) is 0 Å². The molecule has 0 aliphatic rings. The number of aliphatic hydroxyl groups excluding tert-OH is 1. The largest absolute Gasteiger partial charge is 0.480 e. The molecule has 0 aliphatic carbocycles. The van der Waals surface area contributed by atoms with Crippen molar-refractivity contribution in [3.05, 3.63) is 34.1 Å². The molecule has 1 unspecified atom stereocenters. The van der Waals surface area contributed by atoms with Crippen molar-refractivity contribution in [2.24, 2.45) is 0 Å². The molecule has 1 rings (SSSR count). The van der Waals surface area contributed by atoms with E-state index in [1.54, 1.807) is 4.72 Å². The molecule has 1 aromatic rings. The van der Waals surface area contributed by atoms with Crippen LogP contribution in [-0.4, -0.2) is 42.2 Å². The van der Waals surface area contributed by atoms with Gasteiger partial charge in [-0.3, -0.25) is 14.9 Å². The highest BCUT2D eigenvalue weighted by Gasteiger charge is 2.26. The Bertz CT molecular complexity index is 646. The molecule has 0 bridgehead atoms. The molecule has 9 nitrogen and oxygen atoms in total. The third kappa shape index (κ3) is 3.46. The number of hydrogen-bond acceptors (Lipinski definition) is 6. The van der Waals surface area contributed by atoms with Crippen LogP contribution < -0.4 is 4.72 Å². The average Bonchev–Trinajstić information content (AvgIpc) is 2.35. The number of nitro groups is 1. The van der Waals surface area contributed by atoms with Gasteiger partial charge in [-0.2, -0.15) is 9.11 Å². The highest BCUT2D eigenvalue weighted by Crippen LogP contribution is 2.20. The van der Waals surface area contributed by atoms with Crippen molar-refractivity contribution in [2.75, 3.05) is 6.61 Å². The maximum atomic E-state index is 13.3. The first kappa shape index (κ1) is 15.9. The Hall–Kier alpha value is -2.11. The van der Waals surface area contributed by atoms with Gasteiger partial charge in [0.2, 0.25) is 15.8 Å². The maximum Gasteiger partial charge on any atom is 0.324 e. The van der Waals surface area contributed by atoms with Crippen LogP contribution in [-0.2, 0) is 14.8 Å². The standard InChI is InChI=1S/C9H9FN2O7S/c10-6-3-5(1-2-8(6)12(16)17)20(18,19)11-7(4-13)9(14)15/h1-3,7,11,13H,4H2,(H,14,15). The summed E-state index contributed by atoms with van der Waals surface area (Å²) in [7, 11) is -4.44. The monoisotopic (exact) mass is 308 g/mol. The summed E-state index contributed by atoms with van der Waals surface area (Å²) < 4.78 is 38.4. The van der Waals surface area contributed by atoms with E-state index in [2.05, 4.69) is 0 Å². The highest BCUT2D eigenvalue weighted by atomic mass is 32.2. The van der Waals surface area contributed by atoms with Gasteiger partial charge in [-0.15, -0.1) is 0 Å². The molecule has 0 saturated carbocycles. The Morgan fingerprint density at radius 3 is 2.50 bits per heavy atom. The number of nitrogens with zero attached hydrogens (tertiary/aromatic N) is 1. The van der Waals surface area contributed by atoms with Gasteiger partial charge in [-0.1, -0.05) is 0 Å². The second-order valence-corrected chi connectivity index (χ2v) is 5.28. The van der Waals surface area contributed by atoms with Crippen LogP contribution in [0.2, 0.25) is 0 Å². The lowest BCUT2D eigenvalue weighted by Crippen LogP contribution is -2.43. The van der Waals surface area contributed by atoms with Crippen LogP contribution in [0.25, 0.3) is 0 Å². The number of halogens is 1. The summed E-state index contributed by atoms with van der Waals surface area (Å²) in [5.41, 5.74) is -0.916. The molecule has 0 saturated heterocycles. The fourth-order valence-electron chi connectivity index (χ4n) is 1.22. The number of carboxylic acids is 1. The summed E-state index contributed by atoms with van der Waals surface area (Å²) >= 11 is 0. The predicted molar refractivity (Wildman–Crippen MR) is 61.9 cm³/mol. The molecule has 20 heavy (non-hydrogen) atoms. The van der Waals surface area contributed by atoms with Crippen molar-refractivity contribution in [2.45, 2.75) is 10.9 Å². The van der Waals surface area contributed by atoms with E-state index in [1.807, 2.05) is 0 Å². The van der Waals surface area contributed by atoms with E-state index in [1.165, 1.54) is 0 Å². The lowest BCUT2D eigenvalue weighted by Gasteiger charge is -2.12. The number of hydrogen-bond donors (Lipinski definition) is 3. The van der Waals surface area contributed by atoms with Gasteiger partial charge in [-0.25, -0.2) is 8.42 Å². The molecule has 0 aliphatic heterocycles. The SMILES string of the molecule is O=C(O)C(CO)NS(=O)(=O)c1ccc([N+](=O)[O-])c(F)c1. The van der Waals surface area contributed by atoms with Gasteiger partial charge in [0, 0.05) is 12.1 Å². The maximum absolute atomic E-state index is 13.3. The minimum atomic E-state index is -4.44. The van der Waals surface area contributed by atoms with Crippen molar-refractivity contribution in [1.29, 1.82) is 0 Å². The smallest absolute Gasteiger partial charge is 0.324 e. The van der Waals surface area contributed by atoms with E-state index in [0.29, 0.717) is 12.1 Å². The van der Waals surface area contributed by atoms with E-state index in [4.69, 9.17) is 10.2 Å². The van der Waals surface area contributed by atoms with Crippen molar-refractivity contribution in [3.63, 3.8) is 0 Å². The van der Waals surface area contributed by atoms with E-state index in [-0.39, 0.29) is 0 Å². The normalized spacial score (nSPS) is 12.9. The summed E-state index contributed by atoms with van der Waals surface area (Å²) in [6.07, 6.45) is 0. The Kier molecular flexibility index (Phi) is 4.70. The van der Waals surface area contributed by atoms with Gasteiger partial charge in [0.15, 0.2) is 0 Å². The first-order valence-corrected chi connectivity index (χ1v) is 6.47. The molecule has 1 atom stereocenters. The van der Waals surface area contributed by atoms with Crippen molar-refractivity contribution < 1.29 is 32.7 Å². The van der Waals surface area contributed by atoms with Crippen LogP contribution in [0.3, 0.4) is 0 Å². The summed E-state index contributed by atoms with van der Waals surface area (Å²) in [6.45, 7) is -1.01. The first-order valence-electron chi connectivity index (χ1n) is 4.99. The molecule has 0 heterocycles. The lowest BCUT2D eigenvalue weighted by atomic mass is 10.3. The van der Waals surface area contributed by atoms with Crippen LogP contribution in [0.4, 0.5) is 10.1 Å². The molecule has 1 aromatic carbocycles. The number of rotatable bonds is 6. The van der Waals surface area contributed by atoms with E-state index >= 15 is 0 Å². The third-order valence-corrected chi connectivity index (χ3v) is 3.67. The number of nitro benzene ring substituents is 1. The quantitative estimate of drug-likeness (QED) is 0.472. The minimum absolute atomic E-state index is 0.386. The van der Waals surface area contributed by atoms with Crippen LogP contribution in [0, 0.1) is 15.9 Å². The average molecular weight is 308 g/mol. The second-order valence-electron chi connectivity index (χ2n) is 3.57. The van der Waals surface area contributed by atoms with Crippen molar-refractivity contribution >= 4 is 21.7 Å². The van der Waals surface area contributed by atoms with Gasteiger partial charge in [0.05, 0.1) is 16.4 Å². The molecular formula is C9H9FN2O7S. The Morgan fingerprint density at radius 1 is 1.50 bits per heavy atom. The van der Waals surface area contributed by atoms with Gasteiger partial charge in [0.1, 0.15) is 6.04 Å². The topological polar surface area (TPSA) is 147 Å². The summed E-state index contributed by atoms with van der Waals surface area (Å²) in [5, 5.41) is 27.7. The number of benzene rings is 1. The minimum Gasteiger partial charge on any atom is -0.480 e. The number of carboxylic acid groups (broad SMARTS) is 1. The zero-order chi connectivity index (χ0) is 15.5. The molecule has 0 amide bonds. The Labute approximate surface area is 111 Å². The Morgan fingerprint density at radius 2 is 2.10 bits per heavy atom. The number of nitrogens with one attached hydrogen (secondary N) is 1. The van der Waals surface area contributed by atoms with E-state index in [0.717, 1.165) is 6.07 Å². The van der Waals surface area contributed by atoms with E-state index < -0.39 is 50.0 Å². The molecule has 3 N–H and O–H groups in total. The number of carbonyl (C=O) groups is 1. The second kappa shape index (κ2) is 5.90. The van der Waals surface area contributed by atoms with Crippen LogP contribution in [0.1, 0.15) is 0 Å². The molecule has 0 fully saturated rings. The molecular weight excluding hydrogens is 299 g/mol. The number of sulfonamides is 1. The highest BCUT2D eigenvalue weighted by molar-refractivity contribution is 7.89. The molecule has 0 radical (unpaired) electrons.